The van der Waals surface area contributed by atoms with Gasteiger partial charge >= 0.3 is 11.7 Å². The summed E-state index contributed by atoms with van der Waals surface area (Å²) in [6.45, 7) is 2.54. The van der Waals surface area contributed by atoms with Gasteiger partial charge in [-0.2, -0.15) is 0 Å². The molecular formula is C14H16N2O5. The van der Waals surface area contributed by atoms with E-state index in [2.05, 4.69) is 24.1 Å². The van der Waals surface area contributed by atoms with Crippen molar-refractivity contribution in [2.45, 2.75) is 19.8 Å². The Morgan fingerprint density at radius 1 is 1.52 bits per heavy atom. The maximum absolute atomic E-state index is 11.0. The van der Waals surface area contributed by atoms with Gasteiger partial charge in [0, 0.05) is 6.07 Å². The Kier molecular flexibility index (Phi) is 4.52. The minimum atomic E-state index is -1.37. The van der Waals surface area contributed by atoms with E-state index in [-0.39, 0.29) is 5.88 Å². The van der Waals surface area contributed by atoms with E-state index in [4.69, 9.17) is 9.84 Å². The monoisotopic (exact) mass is 292 g/mol. The fourth-order valence-corrected chi connectivity index (χ4v) is 2.26. The third kappa shape index (κ3) is 3.56. The lowest BCUT2D eigenvalue weighted by atomic mass is 9.85. The predicted molar refractivity (Wildman–Crippen MR) is 74.4 cm³/mol. The molecule has 2 rings (SSSR count). The number of rotatable bonds is 5. The van der Waals surface area contributed by atoms with Crippen molar-refractivity contribution in [1.82, 2.24) is 4.98 Å². The summed E-state index contributed by atoms with van der Waals surface area (Å²) < 4.78 is 5.51. The van der Waals surface area contributed by atoms with Crippen LogP contribution in [-0.2, 0) is 0 Å². The number of hydrogen-bond acceptors (Lipinski definition) is 5. The second kappa shape index (κ2) is 6.34. The molecule has 1 aromatic heterocycles. The Balaban J connectivity index is 2.10. The number of hydrogen-bond donors (Lipinski definition) is 1. The zero-order chi connectivity index (χ0) is 15.4. The highest BCUT2D eigenvalue weighted by Gasteiger charge is 2.23. The summed E-state index contributed by atoms with van der Waals surface area (Å²) in [6.07, 6.45) is 7.04. The van der Waals surface area contributed by atoms with Crippen LogP contribution in [0.1, 0.15) is 30.1 Å². The molecule has 1 aliphatic rings. The van der Waals surface area contributed by atoms with Gasteiger partial charge in [-0.15, -0.1) is 0 Å². The van der Waals surface area contributed by atoms with Gasteiger partial charge in [0.1, 0.15) is 11.8 Å². The highest BCUT2D eigenvalue weighted by molar-refractivity contribution is 5.92. The van der Waals surface area contributed by atoms with Gasteiger partial charge in [-0.1, -0.05) is 19.1 Å². The highest BCUT2D eigenvalue weighted by atomic mass is 16.6. The van der Waals surface area contributed by atoms with Gasteiger partial charge in [0.05, 0.1) is 11.5 Å². The van der Waals surface area contributed by atoms with Crippen molar-refractivity contribution >= 4 is 11.7 Å². The molecule has 1 heterocycles. The maximum Gasteiger partial charge on any atom is 0.342 e. The fourth-order valence-electron chi connectivity index (χ4n) is 2.26. The number of carbonyl (C=O) groups is 1. The molecule has 0 aromatic carbocycles. The first-order chi connectivity index (χ1) is 9.99. The van der Waals surface area contributed by atoms with Crippen molar-refractivity contribution in [3.8, 4) is 5.88 Å². The topological polar surface area (TPSA) is 103 Å². The number of ether oxygens (including phenoxy) is 1. The van der Waals surface area contributed by atoms with E-state index in [0.717, 1.165) is 25.1 Å². The molecule has 2 atom stereocenters. The molecule has 2 unspecified atom stereocenters. The van der Waals surface area contributed by atoms with E-state index in [1.807, 2.05) is 0 Å². The summed E-state index contributed by atoms with van der Waals surface area (Å²) in [7, 11) is 0. The molecule has 0 saturated heterocycles. The fraction of sp³-hybridized carbons (Fsp3) is 0.429. The number of aromatic carboxylic acids is 1. The van der Waals surface area contributed by atoms with Gasteiger partial charge in [-0.05, 0) is 24.7 Å². The third-order valence-electron chi connectivity index (χ3n) is 3.65. The largest absolute Gasteiger partial charge is 0.477 e. The van der Waals surface area contributed by atoms with Gasteiger partial charge in [0.25, 0.3) is 0 Å². The van der Waals surface area contributed by atoms with Gasteiger partial charge in [-0.25, -0.2) is 9.78 Å². The molecule has 0 aliphatic heterocycles. The number of nitrogens with zero attached hydrogens (tertiary/aromatic N) is 2. The highest BCUT2D eigenvalue weighted by Crippen LogP contribution is 2.26. The van der Waals surface area contributed by atoms with Crippen LogP contribution in [0, 0.1) is 22.0 Å². The summed E-state index contributed by atoms with van der Waals surface area (Å²) in [5.41, 5.74) is -0.953. The summed E-state index contributed by atoms with van der Waals surface area (Å²) in [5, 5.41) is 19.7. The van der Waals surface area contributed by atoms with Crippen molar-refractivity contribution in [2.75, 3.05) is 6.61 Å². The number of allylic oxidation sites excluding steroid dienone is 2. The standard InChI is InChI=1S/C14H16N2O5/c1-9-4-2-3-5-10(9)8-21-13-6-11(14(17)18)12(7-15-13)16(19)20/h2-3,6-7,9-10H,4-5,8H2,1H3,(H,17,18). The lowest BCUT2D eigenvalue weighted by Gasteiger charge is -2.24. The first-order valence-electron chi connectivity index (χ1n) is 6.64. The number of pyridine rings is 1. The number of aromatic nitrogens is 1. The Morgan fingerprint density at radius 2 is 2.24 bits per heavy atom. The van der Waals surface area contributed by atoms with Crippen molar-refractivity contribution in [2.24, 2.45) is 11.8 Å². The van der Waals surface area contributed by atoms with Crippen molar-refractivity contribution in [3.05, 3.63) is 40.1 Å². The lowest BCUT2D eigenvalue weighted by molar-refractivity contribution is -0.385. The number of carboxylic acids is 1. The second-order valence-electron chi connectivity index (χ2n) is 5.09. The van der Waals surface area contributed by atoms with Crippen LogP contribution in [0.3, 0.4) is 0 Å². The zero-order valence-electron chi connectivity index (χ0n) is 11.6. The molecule has 1 N–H and O–H groups in total. The van der Waals surface area contributed by atoms with Crippen LogP contribution < -0.4 is 4.74 Å². The number of carboxylic acid groups (broad SMARTS) is 1. The van der Waals surface area contributed by atoms with Gasteiger partial charge in [0.15, 0.2) is 0 Å². The first-order valence-corrected chi connectivity index (χ1v) is 6.64. The molecule has 0 fully saturated rings. The quantitative estimate of drug-likeness (QED) is 0.508. The minimum Gasteiger partial charge on any atom is -0.477 e. The minimum absolute atomic E-state index is 0.0970. The van der Waals surface area contributed by atoms with E-state index in [9.17, 15) is 14.9 Å². The van der Waals surface area contributed by atoms with E-state index in [1.165, 1.54) is 0 Å². The summed E-state index contributed by atoms with van der Waals surface area (Å²) in [6, 6.07) is 1.10. The molecule has 7 nitrogen and oxygen atoms in total. The molecule has 0 saturated carbocycles. The van der Waals surface area contributed by atoms with Crippen LogP contribution in [0.4, 0.5) is 5.69 Å². The summed E-state index contributed by atoms with van der Waals surface area (Å²) >= 11 is 0. The van der Waals surface area contributed by atoms with Gasteiger partial charge in [0.2, 0.25) is 5.88 Å². The van der Waals surface area contributed by atoms with E-state index in [1.54, 1.807) is 0 Å². The first kappa shape index (κ1) is 15.0. The van der Waals surface area contributed by atoms with Crippen LogP contribution >= 0.6 is 0 Å². The third-order valence-corrected chi connectivity index (χ3v) is 3.65. The molecule has 7 heteroatoms. The second-order valence-corrected chi connectivity index (χ2v) is 5.09. The Hall–Kier alpha value is -2.44. The van der Waals surface area contributed by atoms with Crippen molar-refractivity contribution < 1.29 is 19.6 Å². The molecule has 0 radical (unpaired) electrons. The average Bonchev–Trinajstić information content (AvgIpc) is 2.46. The molecule has 0 amide bonds. The van der Waals surface area contributed by atoms with E-state index < -0.39 is 22.1 Å². The normalized spacial score (nSPS) is 21.0. The molecule has 0 spiro atoms. The van der Waals surface area contributed by atoms with E-state index in [0.29, 0.717) is 18.4 Å². The zero-order valence-corrected chi connectivity index (χ0v) is 11.6. The smallest absolute Gasteiger partial charge is 0.342 e. The molecule has 21 heavy (non-hydrogen) atoms. The van der Waals surface area contributed by atoms with Crippen molar-refractivity contribution in [1.29, 1.82) is 0 Å². The van der Waals surface area contributed by atoms with Crippen LogP contribution in [0.25, 0.3) is 0 Å². The predicted octanol–water partition coefficient (Wildman–Crippen LogP) is 2.67. The maximum atomic E-state index is 11.0. The van der Waals surface area contributed by atoms with Crippen LogP contribution in [-0.4, -0.2) is 27.6 Å². The van der Waals surface area contributed by atoms with E-state index >= 15 is 0 Å². The van der Waals surface area contributed by atoms with Crippen molar-refractivity contribution in [3.63, 3.8) is 0 Å². The average molecular weight is 292 g/mol. The lowest BCUT2D eigenvalue weighted by Crippen LogP contribution is -2.21. The Bertz CT molecular complexity index is 585. The Labute approximate surface area is 121 Å². The SMILES string of the molecule is CC1CC=CCC1COc1cc(C(=O)O)c([N+](=O)[O-])cn1. The van der Waals surface area contributed by atoms with Gasteiger partial charge in [-0.3, -0.25) is 10.1 Å². The van der Waals surface area contributed by atoms with Crippen LogP contribution in [0.15, 0.2) is 24.4 Å². The summed E-state index contributed by atoms with van der Waals surface area (Å²) in [4.78, 5) is 24.8. The number of nitro groups is 1. The molecule has 1 aliphatic carbocycles. The van der Waals surface area contributed by atoms with Crippen LogP contribution in [0.5, 0.6) is 5.88 Å². The van der Waals surface area contributed by atoms with Gasteiger partial charge < -0.3 is 9.84 Å². The molecule has 1 aromatic rings. The van der Waals surface area contributed by atoms with Crippen LogP contribution in [0.2, 0.25) is 0 Å². The molecular weight excluding hydrogens is 276 g/mol. The molecule has 0 bridgehead atoms. The summed E-state index contributed by atoms with van der Waals surface area (Å²) in [5.74, 6) is -0.463. The Morgan fingerprint density at radius 3 is 2.86 bits per heavy atom. The molecule has 112 valence electrons.